The lowest BCUT2D eigenvalue weighted by Crippen LogP contribution is -2.46. The van der Waals surface area contributed by atoms with Crippen molar-refractivity contribution >= 4 is 5.91 Å². The van der Waals surface area contributed by atoms with Gasteiger partial charge >= 0.3 is 0 Å². The molecule has 3 aliphatic rings. The topological polar surface area (TPSA) is 71.0 Å². The number of hydrogen-bond donors (Lipinski definition) is 2. The van der Waals surface area contributed by atoms with Crippen LogP contribution < -0.4 is 5.32 Å². The lowest BCUT2D eigenvalue weighted by atomic mass is 9.65. The molecule has 1 saturated carbocycles. The van der Waals surface area contributed by atoms with E-state index in [1.165, 1.54) is 12.8 Å². The second kappa shape index (κ2) is 14.8. The van der Waals surface area contributed by atoms with Crippen LogP contribution in [0.25, 0.3) is 11.1 Å². The first-order chi connectivity index (χ1) is 25.7. The zero-order valence-corrected chi connectivity index (χ0v) is 30.8. The molecule has 7 rings (SSSR count). The zero-order chi connectivity index (χ0) is 38.5. The molecule has 0 aromatic heterocycles. The first-order valence-corrected chi connectivity index (χ1v) is 18.4. The Kier molecular flexibility index (Phi) is 10.5. The van der Waals surface area contributed by atoms with Crippen molar-refractivity contribution in [2.75, 3.05) is 13.1 Å². The van der Waals surface area contributed by atoms with Gasteiger partial charge in [-0.15, -0.1) is 0 Å². The molecule has 0 spiro atoms. The number of aliphatic hydroxyl groups is 1. The van der Waals surface area contributed by atoms with Crippen LogP contribution in [0.1, 0.15) is 92.0 Å². The number of benzene rings is 4. The Labute approximate surface area is 312 Å². The van der Waals surface area contributed by atoms with E-state index in [0.29, 0.717) is 17.2 Å². The van der Waals surface area contributed by atoms with Crippen LogP contribution in [0.2, 0.25) is 0 Å². The van der Waals surface area contributed by atoms with Gasteiger partial charge in [0, 0.05) is 37.2 Å². The minimum Gasteiger partial charge on any atom is -0.392 e. The van der Waals surface area contributed by atoms with Crippen molar-refractivity contribution in [3.8, 4) is 11.1 Å². The fourth-order valence-corrected chi connectivity index (χ4v) is 9.19. The number of carbonyl (C=O) groups excluding carboxylic acids is 1. The predicted octanol–water partition coefficient (Wildman–Crippen LogP) is 9.16. The molecule has 2 bridgehead atoms. The zero-order valence-electron chi connectivity index (χ0n) is 30.8. The Bertz CT molecular complexity index is 1990. The van der Waals surface area contributed by atoms with Crippen molar-refractivity contribution in [1.29, 1.82) is 0 Å². The summed E-state index contributed by atoms with van der Waals surface area (Å²) in [6, 6.07) is 22.9. The number of amides is 1. The normalized spacial score (nSPS) is 26.5. The Morgan fingerprint density at radius 3 is 2.13 bits per heavy atom. The Balaban J connectivity index is 1.12. The molecule has 6 atom stereocenters. The summed E-state index contributed by atoms with van der Waals surface area (Å²) in [4.78, 5) is 15.3. The van der Waals surface area contributed by atoms with Gasteiger partial charge in [0.1, 0.15) is 5.56 Å². The van der Waals surface area contributed by atoms with Crippen molar-refractivity contribution in [2.24, 2.45) is 16.7 Å². The van der Waals surface area contributed by atoms with Crippen molar-refractivity contribution < 1.29 is 41.3 Å². The van der Waals surface area contributed by atoms with E-state index >= 15 is 0 Å². The minimum atomic E-state index is -2.33. The molecule has 2 saturated heterocycles. The largest absolute Gasteiger partial charge is 0.392 e. The van der Waals surface area contributed by atoms with Gasteiger partial charge in [-0.25, -0.2) is 22.0 Å². The van der Waals surface area contributed by atoms with E-state index in [2.05, 4.69) is 37.9 Å². The second-order valence-corrected chi connectivity index (χ2v) is 16.4. The van der Waals surface area contributed by atoms with E-state index in [0.717, 1.165) is 41.8 Å². The third-order valence-electron chi connectivity index (χ3n) is 11.4. The molecule has 0 radical (unpaired) electrons. The maximum absolute atomic E-state index is 14.3. The summed E-state index contributed by atoms with van der Waals surface area (Å²) in [5.74, 6) is -12.5. The highest BCUT2D eigenvalue weighted by Gasteiger charge is 2.51. The van der Waals surface area contributed by atoms with E-state index in [9.17, 15) is 31.9 Å². The molecule has 2 heterocycles. The van der Waals surface area contributed by atoms with Crippen LogP contribution in [0.5, 0.6) is 0 Å². The van der Waals surface area contributed by atoms with Crippen molar-refractivity contribution in [3.63, 3.8) is 0 Å². The number of fused-ring (bicyclic) bond motifs is 2. The van der Waals surface area contributed by atoms with Gasteiger partial charge in [-0.2, -0.15) is 0 Å². The van der Waals surface area contributed by atoms with Crippen LogP contribution in [0.15, 0.2) is 72.8 Å². The van der Waals surface area contributed by atoms with Gasteiger partial charge in [-0.3, -0.25) is 9.69 Å². The maximum Gasteiger partial charge on any atom is 0.257 e. The molecule has 54 heavy (non-hydrogen) atoms. The number of aliphatic hydroxyl groups excluding tert-OH is 1. The smallest absolute Gasteiger partial charge is 0.257 e. The summed E-state index contributed by atoms with van der Waals surface area (Å²) in [5, 5.41) is 11.9. The van der Waals surface area contributed by atoms with Crippen LogP contribution >= 0.6 is 0 Å². The fourth-order valence-electron chi connectivity index (χ4n) is 9.19. The van der Waals surface area contributed by atoms with Crippen molar-refractivity contribution in [2.45, 2.75) is 84.6 Å². The van der Waals surface area contributed by atoms with Gasteiger partial charge in [-0.1, -0.05) is 100 Å². The van der Waals surface area contributed by atoms with E-state index in [1.807, 2.05) is 48.5 Å². The van der Waals surface area contributed by atoms with Crippen LogP contribution in [0, 0.1) is 45.8 Å². The van der Waals surface area contributed by atoms with Gasteiger partial charge < -0.3 is 19.9 Å². The number of carbonyl (C=O) groups is 1. The number of hydrogen-bond acceptors (Lipinski definition) is 5. The molecule has 2 unspecified atom stereocenters. The Morgan fingerprint density at radius 2 is 1.46 bits per heavy atom. The quantitative estimate of drug-likeness (QED) is 0.102. The van der Waals surface area contributed by atoms with Crippen molar-refractivity contribution in [3.05, 3.63) is 130 Å². The third kappa shape index (κ3) is 7.43. The molecule has 11 heteroatoms. The first kappa shape index (κ1) is 38.1. The summed E-state index contributed by atoms with van der Waals surface area (Å²) in [7, 11) is 0. The van der Waals surface area contributed by atoms with Crippen LogP contribution in [-0.2, 0) is 22.6 Å². The monoisotopic (exact) mass is 748 g/mol. The molecular formula is C43H45F5N2O4. The number of ether oxygens (including phenoxy) is 2. The molecule has 2 N–H and O–H groups in total. The SMILES string of the molecule is C[C@@H]1[C@H](CN2CC3(C)CC2CC(C)(C)C3)O[C@H](c2ccc(-c3ccccc3CNC(=O)c3c(F)c(F)c(F)c(F)c3F)cc2)O[C@@H]1c1ccc(CO)cc1. The van der Waals surface area contributed by atoms with Crippen LogP contribution in [0.3, 0.4) is 0 Å². The third-order valence-corrected chi connectivity index (χ3v) is 11.4. The van der Waals surface area contributed by atoms with Gasteiger partial charge in [0.25, 0.3) is 5.91 Å². The average molecular weight is 749 g/mol. The average Bonchev–Trinajstić information content (AvgIpc) is 3.40. The Hall–Kier alpha value is -4.16. The highest BCUT2D eigenvalue weighted by molar-refractivity contribution is 5.95. The Morgan fingerprint density at radius 1 is 0.833 bits per heavy atom. The predicted molar refractivity (Wildman–Crippen MR) is 193 cm³/mol. The number of likely N-dealkylation sites (tertiary alicyclic amines) is 1. The summed E-state index contributed by atoms with van der Waals surface area (Å²) in [6.07, 6.45) is 2.48. The summed E-state index contributed by atoms with van der Waals surface area (Å²) < 4.78 is 83.2. The van der Waals surface area contributed by atoms with E-state index < -0.39 is 46.8 Å². The molecule has 6 nitrogen and oxygen atoms in total. The van der Waals surface area contributed by atoms with Crippen LogP contribution in [0.4, 0.5) is 22.0 Å². The van der Waals surface area contributed by atoms with Gasteiger partial charge in [0.2, 0.25) is 5.82 Å². The molecule has 286 valence electrons. The lowest BCUT2D eigenvalue weighted by molar-refractivity contribution is -0.276. The number of rotatable bonds is 9. The molecular weight excluding hydrogens is 703 g/mol. The first-order valence-electron chi connectivity index (χ1n) is 18.4. The maximum atomic E-state index is 14.3. The van der Waals surface area contributed by atoms with E-state index in [4.69, 9.17) is 9.47 Å². The summed E-state index contributed by atoms with van der Waals surface area (Å²) in [6.45, 7) is 10.8. The number of halogens is 5. The molecule has 4 aromatic carbocycles. The molecule has 1 aliphatic carbocycles. The molecule has 2 aliphatic heterocycles. The van der Waals surface area contributed by atoms with Crippen molar-refractivity contribution in [1.82, 2.24) is 10.2 Å². The van der Waals surface area contributed by atoms with Crippen LogP contribution in [-0.4, -0.2) is 41.1 Å². The highest BCUT2D eigenvalue weighted by Crippen LogP contribution is 2.53. The summed E-state index contributed by atoms with van der Waals surface area (Å²) >= 11 is 0. The molecule has 1 amide bonds. The molecule has 3 fully saturated rings. The summed E-state index contributed by atoms with van der Waals surface area (Å²) in [5.41, 5.74) is 3.66. The fraction of sp³-hybridized carbons (Fsp3) is 0.419. The van der Waals surface area contributed by atoms with E-state index in [1.54, 1.807) is 24.3 Å². The standard InChI is InChI=1S/C43H45F5N2O4/c1-24-32(20-50-23-43(4)18-30(50)17-42(2,3)22-43)53-41(54-39(24)27-11-9-25(21-51)10-12-27)28-15-13-26(14-16-28)31-8-6-5-7-29(31)19-49-40(52)33-34(44)36(46)38(48)37(47)35(33)45/h5-16,24,30,32,39,41,51H,17-23H2,1-4H3,(H,49,52)/t24-,30?,32+,39+,41+,43?/m1/s1. The number of nitrogens with one attached hydrogen (secondary N) is 1. The van der Waals surface area contributed by atoms with Gasteiger partial charge in [0.15, 0.2) is 29.6 Å². The number of nitrogens with zero attached hydrogens (tertiary/aromatic N) is 1. The van der Waals surface area contributed by atoms with Gasteiger partial charge in [0.05, 0.1) is 18.8 Å². The highest BCUT2D eigenvalue weighted by atomic mass is 19.2. The minimum absolute atomic E-state index is 0.0358. The second-order valence-electron chi connectivity index (χ2n) is 16.4. The lowest BCUT2D eigenvalue weighted by Gasteiger charge is -2.43. The molecule has 4 aromatic rings. The van der Waals surface area contributed by atoms with E-state index in [-0.39, 0.29) is 42.1 Å². The van der Waals surface area contributed by atoms with Gasteiger partial charge in [-0.05, 0) is 57.9 Å².